The molecule has 1 aliphatic rings. The second-order valence-electron chi connectivity index (χ2n) is 6.70. The molecular weight excluding hydrogens is 329 g/mol. The van der Waals surface area contributed by atoms with Gasteiger partial charge in [0.2, 0.25) is 0 Å². The average molecular weight is 351 g/mol. The fourth-order valence-corrected chi connectivity index (χ4v) is 3.31. The van der Waals surface area contributed by atoms with E-state index in [1.165, 1.54) is 11.6 Å². The Morgan fingerprint density at radius 1 is 1.19 bits per heavy atom. The van der Waals surface area contributed by atoms with Gasteiger partial charge in [-0.3, -0.25) is 4.90 Å². The normalized spacial score (nSPS) is 18.2. The highest BCUT2D eigenvalue weighted by molar-refractivity contribution is 5.58. The summed E-state index contributed by atoms with van der Waals surface area (Å²) in [5.41, 5.74) is 4.01. The average Bonchev–Trinajstić information content (AvgIpc) is 3.15. The van der Waals surface area contributed by atoms with E-state index in [0.29, 0.717) is 25.3 Å². The van der Waals surface area contributed by atoms with Crippen LogP contribution in [0.2, 0.25) is 0 Å². The SMILES string of the molecule is Cc1ccc(-c2cnc(C3COCCN3Cc3ccccc3F)[nH]2)cc1. The third-order valence-electron chi connectivity index (χ3n) is 4.84. The van der Waals surface area contributed by atoms with Crippen LogP contribution in [0.5, 0.6) is 0 Å². The first-order valence-corrected chi connectivity index (χ1v) is 8.88. The van der Waals surface area contributed by atoms with Gasteiger partial charge in [-0.2, -0.15) is 0 Å². The number of hydrogen-bond donors (Lipinski definition) is 1. The van der Waals surface area contributed by atoms with Crippen molar-refractivity contribution in [2.75, 3.05) is 19.8 Å². The molecule has 4 rings (SSSR count). The number of benzene rings is 2. The number of aromatic nitrogens is 2. The van der Waals surface area contributed by atoms with Gasteiger partial charge in [0.15, 0.2) is 0 Å². The number of aryl methyl sites for hydroxylation is 1. The van der Waals surface area contributed by atoms with Crippen LogP contribution in [0.25, 0.3) is 11.3 Å². The molecular formula is C21H22FN3O. The van der Waals surface area contributed by atoms with Crippen LogP contribution < -0.4 is 0 Å². The molecule has 0 amide bonds. The quantitative estimate of drug-likeness (QED) is 0.769. The molecule has 4 nitrogen and oxygen atoms in total. The lowest BCUT2D eigenvalue weighted by molar-refractivity contribution is -0.0160. The second-order valence-corrected chi connectivity index (χ2v) is 6.70. The van der Waals surface area contributed by atoms with Crippen LogP contribution in [-0.4, -0.2) is 34.6 Å². The van der Waals surface area contributed by atoms with Crippen molar-refractivity contribution >= 4 is 0 Å². The summed E-state index contributed by atoms with van der Waals surface area (Å²) >= 11 is 0. The van der Waals surface area contributed by atoms with Gasteiger partial charge in [-0.05, 0) is 18.6 Å². The summed E-state index contributed by atoms with van der Waals surface area (Å²) in [5, 5.41) is 0. The van der Waals surface area contributed by atoms with Crippen LogP contribution >= 0.6 is 0 Å². The van der Waals surface area contributed by atoms with E-state index in [2.05, 4.69) is 46.1 Å². The fourth-order valence-electron chi connectivity index (χ4n) is 3.31. The zero-order valence-electron chi connectivity index (χ0n) is 14.8. The summed E-state index contributed by atoms with van der Waals surface area (Å²) < 4.78 is 19.7. The summed E-state index contributed by atoms with van der Waals surface area (Å²) in [4.78, 5) is 10.2. The Labute approximate surface area is 152 Å². The molecule has 0 spiro atoms. The first-order chi connectivity index (χ1) is 12.7. The van der Waals surface area contributed by atoms with E-state index in [4.69, 9.17) is 4.74 Å². The van der Waals surface area contributed by atoms with Crippen molar-refractivity contribution in [2.24, 2.45) is 0 Å². The van der Waals surface area contributed by atoms with Crippen molar-refractivity contribution in [1.82, 2.24) is 14.9 Å². The molecule has 0 aliphatic carbocycles. The van der Waals surface area contributed by atoms with Gasteiger partial charge < -0.3 is 9.72 Å². The lowest BCUT2D eigenvalue weighted by Gasteiger charge is -2.34. The second kappa shape index (κ2) is 7.40. The Kier molecular flexibility index (Phi) is 4.82. The lowest BCUT2D eigenvalue weighted by atomic mass is 10.1. The van der Waals surface area contributed by atoms with Crippen LogP contribution in [0, 0.1) is 12.7 Å². The first kappa shape index (κ1) is 16.9. The minimum absolute atomic E-state index is 0.0115. The highest BCUT2D eigenvalue weighted by Gasteiger charge is 2.27. The maximum atomic E-state index is 14.1. The van der Waals surface area contributed by atoms with Gasteiger partial charge in [-0.25, -0.2) is 9.37 Å². The van der Waals surface area contributed by atoms with E-state index in [0.717, 1.165) is 23.6 Å². The number of halogens is 1. The van der Waals surface area contributed by atoms with Crippen molar-refractivity contribution < 1.29 is 9.13 Å². The van der Waals surface area contributed by atoms with Gasteiger partial charge in [-0.1, -0.05) is 48.0 Å². The number of H-pyrrole nitrogens is 1. The monoisotopic (exact) mass is 351 g/mol. The zero-order chi connectivity index (χ0) is 17.9. The van der Waals surface area contributed by atoms with E-state index in [1.54, 1.807) is 6.07 Å². The number of hydrogen-bond acceptors (Lipinski definition) is 3. The molecule has 1 aliphatic heterocycles. The van der Waals surface area contributed by atoms with Crippen LogP contribution in [0.3, 0.4) is 0 Å². The molecule has 0 saturated carbocycles. The molecule has 26 heavy (non-hydrogen) atoms. The van der Waals surface area contributed by atoms with E-state index in [-0.39, 0.29) is 11.9 Å². The third-order valence-corrected chi connectivity index (χ3v) is 4.84. The Bertz CT molecular complexity index is 875. The Morgan fingerprint density at radius 3 is 2.81 bits per heavy atom. The highest BCUT2D eigenvalue weighted by atomic mass is 19.1. The van der Waals surface area contributed by atoms with Crippen molar-refractivity contribution in [3.8, 4) is 11.3 Å². The first-order valence-electron chi connectivity index (χ1n) is 8.88. The minimum Gasteiger partial charge on any atom is -0.378 e. The number of morpholine rings is 1. The fraction of sp³-hybridized carbons (Fsp3) is 0.286. The predicted octanol–water partition coefficient (Wildman–Crippen LogP) is 4.10. The Balaban J connectivity index is 1.57. The molecule has 3 aromatic rings. The van der Waals surface area contributed by atoms with E-state index >= 15 is 0 Å². The van der Waals surface area contributed by atoms with Crippen LogP contribution in [-0.2, 0) is 11.3 Å². The number of nitrogens with zero attached hydrogens (tertiary/aromatic N) is 2. The zero-order valence-corrected chi connectivity index (χ0v) is 14.8. The largest absolute Gasteiger partial charge is 0.378 e. The maximum absolute atomic E-state index is 14.1. The van der Waals surface area contributed by atoms with Crippen molar-refractivity contribution in [1.29, 1.82) is 0 Å². The number of nitrogens with one attached hydrogen (secondary N) is 1. The predicted molar refractivity (Wildman–Crippen MR) is 99.1 cm³/mol. The van der Waals surface area contributed by atoms with Crippen LogP contribution in [0.1, 0.15) is 23.0 Å². The molecule has 0 radical (unpaired) electrons. The van der Waals surface area contributed by atoms with Gasteiger partial charge in [0.05, 0.1) is 31.1 Å². The Hall–Kier alpha value is -2.50. The number of aromatic amines is 1. The van der Waals surface area contributed by atoms with E-state index in [9.17, 15) is 4.39 Å². The summed E-state index contributed by atoms with van der Waals surface area (Å²) in [7, 11) is 0. The summed E-state index contributed by atoms with van der Waals surface area (Å²) in [6.45, 7) is 4.56. The van der Waals surface area contributed by atoms with Gasteiger partial charge in [-0.15, -0.1) is 0 Å². The number of rotatable bonds is 4. The van der Waals surface area contributed by atoms with E-state index < -0.39 is 0 Å². The van der Waals surface area contributed by atoms with Gasteiger partial charge >= 0.3 is 0 Å². The molecule has 1 aromatic heterocycles. The van der Waals surface area contributed by atoms with Gasteiger partial charge in [0, 0.05) is 18.7 Å². The van der Waals surface area contributed by atoms with Crippen LogP contribution in [0.15, 0.2) is 54.7 Å². The Morgan fingerprint density at radius 2 is 2.00 bits per heavy atom. The highest BCUT2D eigenvalue weighted by Crippen LogP contribution is 2.27. The molecule has 1 fully saturated rings. The maximum Gasteiger partial charge on any atom is 0.127 e. The molecule has 2 heterocycles. The van der Waals surface area contributed by atoms with Crippen molar-refractivity contribution in [3.05, 3.63) is 77.5 Å². The number of imidazole rings is 1. The third kappa shape index (κ3) is 3.54. The molecule has 1 atom stereocenters. The molecule has 134 valence electrons. The van der Waals surface area contributed by atoms with Crippen molar-refractivity contribution in [2.45, 2.75) is 19.5 Å². The van der Waals surface area contributed by atoms with E-state index in [1.807, 2.05) is 18.3 Å². The lowest BCUT2D eigenvalue weighted by Crippen LogP contribution is -2.39. The standard InChI is InChI=1S/C21H22FN3O/c1-15-6-8-16(9-7-15)19-12-23-21(24-19)20-14-26-11-10-25(20)13-17-4-2-3-5-18(17)22/h2-9,12,20H,10-11,13-14H2,1H3,(H,23,24). The van der Waals surface area contributed by atoms with Gasteiger partial charge in [0.1, 0.15) is 11.6 Å². The molecule has 1 N–H and O–H groups in total. The molecule has 2 aromatic carbocycles. The molecule has 1 unspecified atom stereocenters. The smallest absolute Gasteiger partial charge is 0.127 e. The summed E-state index contributed by atoms with van der Waals surface area (Å²) in [6.07, 6.45) is 1.86. The van der Waals surface area contributed by atoms with Crippen molar-refractivity contribution in [3.63, 3.8) is 0 Å². The molecule has 1 saturated heterocycles. The van der Waals surface area contributed by atoms with Gasteiger partial charge in [0.25, 0.3) is 0 Å². The molecule has 0 bridgehead atoms. The summed E-state index contributed by atoms with van der Waals surface area (Å²) in [5.74, 6) is 0.689. The topological polar surface area (TPSA) is 41.1 Å². The minimum atomic E-state index is -0.169. The molecule has 5 heteroatoms. The van der Waals surface area contributed by atoms with Crippen LogP contribution in [0.4, 0.5) is 4.39 Å². The summed E-state index contributed by atoms with van der Waals surface area (Å²) in [6, 6.07) is 15.3. The number of ether oxygens (including phenoxy) is 1.